The van der Waals surface area contributed by atoms with E-state index >= 15 is 0 Å². The molecular weight excluding hydrogens is 323 g/mol. The highest BCUT2D eigenvalue weighted by Gasteiger charge is 2.32. The number of anilines is 1. The van der Waals surface area contributed by atoms with Crippen molar-refractivity contribution in [3.63, 3.8) is 0 Å². The van der Waals surface area contributed by atoms with Crippen LogP contribution < -0.4 is 4.90 Å². The summed E-state index contributed by atoms with van der Waals surface area (Å²) in [6, 6.07) is 0. The second kappa shape index (κ2) is 6.07. The minimum Gasteiger partial charge on any atom is -0.346 e. The number of aromatic nitrogens is 2. The van der Waals surface area contributed by atoms with Gasteiger partial charge in [-0.3, -0.25) is 0 Å². The zero-order chi connectivity index (χ0) is 13.9. The predicted molar refractivity (Wildman–Crippen MR) is 70.7 cm³/mol. The van der Waals surface area contributed by atoms with Gasteiger partial charge in [-0.25, -0.2) is 9.97 Å². The van der Waals surface area contributed by atoms with E-state index in [1.165, 1.54) is 11.2 Å². The van der Waals surface area contributed by atoms with Crippen molar-refractivity contribution in [3.8, 4) is 0 Å². The molecule has 0 aromatic carbocycles. The Kier molecular flexibility index (Phi) is 4.65. The Morgan fingerprint density at radius 1 is 1.21 bits per heavy atom. The molecule has 106 valence electrons. The fraction of sp³-hybridized carbons (Fsp3) is 0.667. The van der Waals surface area contributed by atoms with E-state index in [9.17, 15) is 13.2 Å². The number of hydrogen-bond acceptors (Lipinski definition) is 3. The molecule has 0 unspecified atom stereocenters. The van der Waals surface area contributed by atoms with E-state index in [4.69, 9.17) is 0 Å². The standard InChI is InChI=1S/C12H15BrF3N3/c13-5-6-19(7-12(14,15)16)11-9-3-1-2-4-10(9)17-8-18-11/h8H,1-7H2. The Bertz CT molecular complexity index is 437. The van der Waals surface area contributed by atoms with Crippen LogP contribution in [-0.4, -0.2) is 34.6 Å². The van der Waals surface area contributed by atoms with Crippen molar-refractivity contribution in [3.05, 3.63) is 17.6 Å². The van der Waals surface area contributed by atoms with Gasteiger partial charge in [-0.15, -0.1) is 0 Å². The van der Waals surface area contributed by atoms with Crippen LogP contribution in [0.3, 0.4) is 0 Å². The van der Waals surface area contributed by atoms with Gasteiger partial charge in [0.2, 0.25) is 0 Å². The summed E-state index contributed by atoms with van der Waals surface area (Å²) in [5.41, 5.74) is 1.79. The average Bonchev–Trinajstić information content (AvgIpc) is 2.36. The molecule has 0 N–H and O–H groups in total. The summed E-state index contributed by atoms with van der Waals surface area (Å²) >= 11 is 3.20. The first-order valence-electron chi connectivity index (χ1n) is 6.21. The Hall–Kier alpha value is -0.850. The summed E-state index contributed by atoms with van der Waals surface area (Å²) in [5, 5.41) is 0.474. The molecule has 0 fully saturated rings. The second-order valence-corrected chi connectivity index (χ2v) is 5.35. The van der Waals surface area contributed by atoms with E-state index < -0.39 is 12.7 Å². The molecule has 0 bridgehead atoms. The van der Waals surface area contributed by atoms with Gasteiger partial charge >= 0.3 is 6.18 Å². The molecule has 1 aromatic rings. The molecule has 0 saturated carbocycles. The van der Waals surface area contributed by atoms with E-state index in [2.05, 4.69) is 25.9 Å². The van der Waals surface area contributed by atoms with E-state index in [-0.39, 0.29) is 6.54 Å². The summed E-state index contributed by atoms with van der Waals surface area (Å²) in [6.45, 7) is -0.689. The van der Waals surface area contributed by atoms with Gasteiger partial charge < -0.3 is 4.90 Å². The minimum atomic E-state index is -4.23. The Balaban J connectivity index is 2.30. The smallest absolute Gasteiger partial charge is 0.346 e. The highest BCUT2D eigenvalue weighted by Crippen LogP contribution is 2.29. The molecule has 0 amide bonds. The first-order chi connectivity index (χ1) is 9.01. The van der Waals surface area contributed by atoms with Crippen LogP contribution >= 0.6 is 15.9 Å². The third kappa shape index (κ3) is 3.81. The van der Waals surface area contributed by atoms with Crippen LogP contribution in [0.4, 0.5) is 19.0 Å². The van der Waals surface area contributed by atoms with Crippen LogP contribution in [0.1, 0.15) is 24.1 Å². The van der Waals surface area contributed by atoms with Crippen LogP contribution in [0.2, 0.25) is 0 Å². The monoisotopic (exact) mass is 337 g/mol. The van der Waals surface area contributed by atoms with Crippen molar-refractivity contribution in [2.75, 3.05) is 23.3 Å². The number of halogens is 4. The van der Waals surface area contributed by atoms with E-state index in [1.807, 2.05) is 0 Å². The van der Waals surface area contributed by atoms with Crippen molar-refractivity contribution in [1.82, 2.24) is 9.97 Å². The summed E-state index contributed by atoms with van der Waals surface area (Å²) < 4.78 is 37.9. The highest BCUT2D eigenvalue weighted by molar-refractivity contribution is 9.09. The van der Waals surface area contributed by atoms with Crippen LogP contribution in [0.25, 0.3) is 0 Å². The van der Waals surface area contributed by atoms with Gasteiger partial charge in [0.05, 0.1) is 0 Å². The van der Waals surface area contributed by atoms with Crippen molar-refractivity contribution >= 4 is 21.7 Å². The Morgan fingerprint density at radius 2 is 1.95 bits per heavy atom. The molecule has 0 atom stereocenters. The highest BCUT2D eigenvalue weighted by atomic mass is 79.9. The summed E-state index contributed by atoms with van der Waals surface area (Å²) in [6.07, 6.45) is 0.773. The number of hydrogen-bond donors (Lipinski definition) is 0. The molecule has 0 radical (unpaired) electrons. The molecule has 1 aliphatic rings. The summed E-state index contributed by atoms with van der Waals surface area (Å²) in [7, 11) is 0. The van der Waals surface area contributed by atoms with Gasteiger partial charge in [-0.05, 0) is 25.7 Å². The zero-order valence-electron chi connectivity index (χ0n) is 10.4. The Labute approximate surface area is 118 Å². The molecular formula is C12H15BrF3N3. The molecule has 7 heteroatoms. The van der Waals surface area contributed by atoms with Gasteiger partial charge in [-0.2, -0.15) is 13.2 Å². The number of fused-ring (bicyclic) bond motifs is 1. The lowest BCUT2D eigenvalue weighted by molar-refractivity contribution is -0.119. The number of rotatable bonds is 4. The minimum absolute atomic E-state index is 0.281. The molecule has 0 saturated heterocycles. The maximum Gasteiger partial charge on any atom is 0.405 e. The number of alkyl halides is 4. The van der Waals surface area contributed by atoms with Gasteiger partial charge in [0, 0.05) is 23.1 Å². The van der Waals surface area contributed by atoms with Crippen LogP contribution in [0, 0.1) is 0 Å². The van der Waals surface area contributed by atoms with Crippen molar-refractivity contribution in [2.24, 2.45) is 0 Å². The molecule has 19 heavy (non-hydrogen) atoms. The maximum absolute atomic E-state index is 12.6. The zero-order valence-corrected chi connectivity index (χ0v) is 12.0. The second-order valence-electron chi connectivity index (χ2n) is 4.56. The van der Waals surface area contributed by atoms with E-state index in [0.29, 0.717) is 11.1 Å². The summed E-state index contributed by atoms with van der Waals surface area (Å²) in [4.78, 5) is 9.57. The molecule has 0 aliphatic heterocycles. The van der Waals surface area contributed by atoms with Crippen molar-refractivity contribution in [1.29, 1.82) is 0 Å². The van der Waals surface area contributed by atoms with Gasteiger partial charge in [0.15, 0.2) is 0 Å². The lowest BCUT2D eigenvalue weighted by Crippen LogP contribution is -2.37. The third-order valence-corrected chi connectivity index (χ3v) is 3.48. The lowest BCUT2D eigenvalue weighted by atomic mass is 9.96. The molecule has 0 spiro atoms. The normalized spacial score (nSPS) is 15.2. The Morgan fingerprint density at radius 3 is 2.63 bits per heavy atom. The van der Waals surface area contributed by atoms with Crippen molar-refractivity contribution in [2.45, 2.75) is 31.9 Å². The van der Waals surface area contributed by atoms with Crippen LogP contribution in [0.5, 0.6) is 0 Å². The molecule has 1 aliphatic carbocycles. The van der Waals surface area contributed by atoms with Gasteiger partial charge in [0.1, 0.15) is 18.7 Å². The molecule has 1 aromatic heterocycles. The quantitative estimate of drug-likeness (QED) is 0.790. The lowest BCUT2D eigenvalue weighted by Gasteiger charge is -2.28. The van der Waals surface area contributed by atoms with E-state index in [0.717, 1.165) is 36.9 Å². The number of aryl methyl sites for hydroxylation is 1. The first-order valence-corrected chi connectivity index (χ1v) is 7.34. The van der Waals surface area contributed by atoms with Crippen LogP contribution in [-0.2, 0) is 12.8 Å². The van der Waals surface area contributed by atoms with E-state index in [1.54, 1.807) is 0 Å². The summed E-state index contributed by atoms with van der Waals surface area (Å²) in [5.74, 6) is 0.446. The SMILES string of the molecule is FC(F)(F)CN(CCBr)c1ncnc2c1CCCC2. The average molecular weight is 338 g/mol. The topological polar surface area (TPSA) is 29.0 Å². The maximum atomic E-state index is 12.6. The molecule has 3 nitrogen and oxygen atoms in total. The first kappa shape index (κ1) is 14.6. The van der Waals surface area contributed by atoms with Gasteiger partial charge in [0.25, 0.3) is 0 Å². The predicted octanol–water partition coefficient (Wildman–Crippen LogP) is 3.12. The number of nitrogens with zero attached hydrogens (tertiary/aromatic N) is 3. The fourth-order valence-electron chi connectivity index (χ4n) is 2.35. The third-order valence-electron chi connectivity index (χ3n) is 3.13. The van der Waals surface area contributed by atoms with Gasteiger partial charge in [-0.1, -0.05) is 15.9 Å². The largest absolute Gasteiger partial charge is 0.405 e. The molecule has 1 heterocycles. The fourth-order valence-corrected chi connectivity index (χ4v) is 2.78. The van der Waals surface area contributed by atoms with Crippen LogP contribution in [0.15, 0.2) is 6.33 Å². The van der Waals surface area contributed by atoms with Crippen molar-refractivity contribution < 1.29 is 13.2 Å². The molecule has 2 rings (SSSR count).